The molecular weight excluding hydrogens is 832 g/mol. The lowest BCUT2D eigenvalue weighted by molar-refractivity contribution is -0.145. The zero-order valence-corrected chi connectivity index (χ0v) is 36.7. The summed E-state index contributed by atoms with van der Waals surface area (Å²) in [5.74, 6) is -3.37. The van der Waals surface area contributed by atoms with E-state index in [1.54, 1.807) is 39.2 Å². The van der Waals surface area contributed by atoms with Gasteiger partial charge in [0.05, 0.1) is 24.9 Å². The van der Waals surface area contributed by atoms with E-state index in [4.69, 9.17) is 24.2 Å². The first-order valence-corrected chi connectivity index (χ1v) is 22.2. The third-order valence-corrected chi connectivity index (χ3v) is 12.4. The van der Waals surface area contributed by atoms with Crippen LogP contribution < -0.4 is 25.4 Å². The van der Waals surface area contributed by atoms with Crippen LogP contribution in [0.1, 0.15) is 83.0 Å². The monoisotopic (exact) mass is 884 g/mol. The van der Waals surface area contributed by atoms with E-state index in [0.29, 0.717) is 53.1 Å². The van der Waals surface area contributed by atoms with Gasteiger partial charge < -0.3 is 40.2 Å². The van der Waals surface area contributed by atoms with Gasteiger partial charge in [-0.05, 0) is 81.8 Å². The van der Waals surface area contributed by atoms with Crippen molar-refractivity contribution in [2.45, 2.75) is 109 Å². The van der Waals surface area contributed by atoms with Crippen molar-refractivity contribution < 1.29 is 47.7 Å². The molecule has 0 bridgehead atoms. The summed E-state index contributed by atoms with van der Waals surface area (Å²) in [5, 5.41) is 22.4. The van der Waals surface area contributed by atoms with Gasteiger partial charge in [-0.25, -0.2) is 23.9 Å². The van der Waals surface area contributed by atoms with Gasteiger partial charge in [0, 0.05) is 46.8 Å². The van der Waals surface area contributed by atoms with Crippen LogP contribution in [0.3, 0.4) is 0 Å². The number of amides is 3. The summed E-state index contributed by atoms with van der Waals surface area (Å²) < 4.78 is 31.6. The molecule has 17 heteroatoms. The van der Waals surface area contributed by atoms with Crippen LogP contribution in [0.25, 0.3) is 22.3 Å². The number of ether oxygens (including phenoxy) is 3. The lowest BCUT2D eigenvalue weighted by Crippen LogP contribution is -2.56. The number of carboxylic acid groups (broad SMARTS) is 1. The first kappa shape index (κ1) is 44.9. The zero-order valence-electron chi connectivity index (χ0n) is 35.9. The highest BCUT2D eigenvalue weighted by Gasteiger charge is 2.61. The molecule has 4 N–H and O–H groups in total. The number of methoxy groups -OCH3 is 1. The number of allylic oxidation sites excluding steroid dienone is 1. The van der Waals surface area contributed by atoms with E-state index in [1.807, 2.05) is 37.4 Å². The number of carbonyl (C=O) groups is 5. The second kappa shape index (κ2) is 19.1. The van der Waals surface area contributed by atoms with Crippen molar-refractivity contribution in [3.8, 4) is 22.9 Å². The molecule has 3 aliphatic rings. The van der Waals surface area contributed by atoms with Crippen LogP contribution in [-0.2, 0) is 19.1 Å². The fourth-order valence-electron chi connectivity index (χ4n) is 8.13. The maximum atomic E-state index is 14.8. The van der Waals surface area contributed by atoms with E-state index in [0.717, 1.165) is 23.7 Å². The highest BCUT2D eigenvalue weighted by molar-refractivity contribution is 7.14. The number of hydrogen-bond acceptors (Lipinski definition) is 12. The molecule has 0 spiro atoms. The molecule has 0 radical (unpaired) electrons. The van der Waals surface area contributed by atoms with E-state index in [1.165, 1.54) is 28.4 Å². The quantitative estimate of drug-likeness (QED) is 0.0829. The number of aromatic nitrogens is 2. The van der Waals surface area contributed by atoms with Crippen molar-refractivity contribution in [2.24, 2.45) is 11.8 Å². The Kier molecular flexibility index (Phi) is 13.6. The average Bonchev–Trinajstić information content (AvgIpc) is 3.51. The summed E-state index contributed by atoms with van der Waals surface area (Å²) in [6.45, 7) is 7.35. The molecule has 63 heavy (non-hydrogen) atoms. The number of benzene rings is 2. The Labute approximate surface area is 368 Å². The number of hydrogen-bond donors (Lipinski definition) is 4. The Hall–Kier alpha value is -6.10. The first-order chi connectivity index (χ1) is 30.1. The summed E-state index contributed by atoms with van der Waals surface area (Å²) in [5.41, 5.74) is 0.322. The Balaban J connectivity index is 1.19. The molecule has 4 heterocycles. The van der Waals surface area contributed by atoms with Crippen LogP contribution in [0.5, 0.6) is 11.5 Å². The van der Waals surface area contributed by atoms with Crippen molar-refractivity contribution in [3.63, 3.8) is 0 Å². The molecule has 1 saturated heterocycles. The van der Waals surface area contributed by atoms with Crippen molar-refractivity contribution in [3.05, 3.63) is 77.4 Å². The number of carbonyl (C=O) groups excluding carboxylic acids is 4. The van der Waals surface area contributed by atoms with E-state index in [2.05, 4.69) is 16.0 Å². The van der Waals surface area contributed by atoms with Gasteiger partial charge >= 0.3 is 12.1 Å². The van der Waals surface area contributed by atoms with Crippen LogP contribution in [0.4, 0.5) is 14.3 Å². The second-order valence-corrected chi connectivity index (χ2v) is 17.8. The van der Waals surface area contributed by atoms with Crippen LogP contribution in [-0.4, -0.2) is 99.2 Å². The molecule has 7 rings (SSSR count). The number of anilines is 1. The summed E-state index contributed by atoms with van der Waals surface area (Å²) >= 11 is 1.44. The Morgan fingerprint density at radius 3 is 2.51 bits per heavy atom. The molecule has 334 valence electrons. The number of rotatable bonds is 12. The maximum absolute atomic E-state index is 14.8. The van der Waals surface area contributed by atoms with Crippen LogP contribution >= 0.6 is 11.3 Å². The van der Waals surface area contributed by atoms with Gasteiger partial charge in [0.2, 0.25) is 17.6 Å². The molecule has 3 amide bonds. The lowest BCUT2D eigenvalue weighted by Gasteiger charge is -2.30. The predicted octanol–water partition coefficient (Wildman–Crippen LogP) is 7.16. The zero-order chi connectivity index (χ0) is 45.0. The molecule has 2 aromatic heterocycles. The predicted molar refractivity (Wildman–Crippen MR) is 234 cm³/mol. The fourth-order valence-corrected chi connectivity index (χ4v) is 8.98. The van der Waals surface area contributed by atoms with Gasteiger partial charge in [0.1, 0.15) is 46.7 Å². The molecule has 2 aromatic carbocycles. The second-order valence-electron chi connectivity index (χ2n) is 17.0. The lowest BCUT2D eigenvalue weighted by atomic mass is 9.97. The van der Waals surface area contributed by atoms with E-state index >= 15 is 0 Å². The summed E-state index contributed by atoms with van der Waals surface area (Å²) in [6.07, 6.45) is 3.76. The topological polar surface area (TPSA) is 198 Å². The van der Waals surface area contributed by atoms with Crippen molar-refractivity contribution in [2.75, 3.05) is 19.0 Å². The minimum atomic E-state index is -1.53. The minimum absolute atomic E-state index is 0.000994. The number of carboxylic acids is 1. The molecule has 1 unspecified atom stereocenters. The van der Waals surface area contributed by atoms with Gasteiger partial charge in [-0.3, -0.25) is 14.4 Å². The summed E-state index contributed by atoms with van der Waals surface area (Å²) in [4.78, 5) is 79.9. The number of pyridine rings is 1. The van der Waals surface area contributed by atoms with E-state index in [9.17, 15) is 33.5 Å². The number of aliphatic carboxylic acids is 1. The highest BCUT2D eigenvalue weighted by Crippen LogP contribution is 2.45. The first-order valence-electron chi connectivity index (χ1n) is 21.3. The fraction of sp³-hybridized carbons (Fsp3) is 0.457. The number of halogens is 1. The van der Waals surface area contributed by atoms with Crippen LogP contribution in [0, 0.1) is 17.7 Å². The van der Waals surface area contributed by atoms with Gasteiger partial charge in [0.15, 0.2) is 11.2 Å². The maximum Gasteiger partial charge on any atom is 0.408 e. The van der Waals surface area contributed by atoms with Gasteiger partial charge in [-0.1, -0.05) is 38.8 Å². The van der Waals surface area contributed by atoms with Crippen LogP contribution in [0.15, 0.2) is 66.1 Å². The number of thiazole rings is 1. The molecule has 4 aromatic rings. The third-order valence-electron chi connectivity index (χ3n) is 11.6. The summed E-state index contributed by atoms with van der Waals surface area (Å²) in [7, 11) is 1.56. The van der Waals surface area contributed by atoms with Crippen LogP contribution in [0.2, 0.25) is 0 Å². The normalized spacial score (nSPS) is 23.2. The molecule has 1 aliphatic carbocycles. The largest absolute Gasteiger partial charge is 0.497 e. The Morgan fingerprint density at radius 1 is 1.02 bits per heavy atom. The van der Waals surface area contributed by atoms with Gasteiger partial charge in [-0.2, -0.15) is 0 Å². The minimum Gasteiger partial charge on any atom is -0.497 e. The smallest absolute Gasteiger partial charge is 0.408 e. The number of ketones is 1. The third kappa shape index (κ3) is 10.2. The average molecular weight is 885 g/mol. The molecule has 15 nitrogen and oxygen atoms in total. The molecule has 2 aliphatic heterocycles. The molecular formula is C46H53FN6O9S. The van der Waals surface area contributed by atoms with Crippen molar-refractivity contribution in [1.29, 1.82) is 0 Å². The SMILES string of the molecule is COc1ccc2c(O[C@@H]3C[C@H]4C(=O)N[C@]5(C(=O)O)CC5C=CCCCCC[C@H](NC(=O)O[C@H](C(=O)c5ccc(F)cc5)C(C)C)C(=O)N4C3)cc(-c3csc(NC(C)C)n3)nc2c1. The van der Waals surface area contributed by atoms with E-state index in [-0.39, 0.29) is 37.4 Å². The van der Waals surface area contributed by atoms with Gasteiger partial charge in [-0.15, -0.1) is 11.3 Å². The van der Waals surface area contributed by atoms with Crippen molar-refractivity contribution >= 4 is 57.0 Å². The number of Topliss-reactive ketones (excluding diaryl/α,β-unsaturated/α-hetero) is 1. The standard InChI is InChI=1S/C46H53FN6O9S/c1-25(2)40(39(54)27-13-15-29(47)16-14-27)62-45(59)51-33-12-10-8-6-7-9-11-28-22-46(28,43(57)58)52-41(55)37-20-31(23-53(37)42(33)56)61-38-21-35(36-24-63-44(50-36)48-26(3)4)49-34-19-30(60-5)17-18-32(34)38/h9,11,13-19,21,24-26,28,31,33,37,40H,6-8,10,12,20,22-23H2,1-5H3,(H,48,50)(H,51,59)(H,52,55)(H,57,58)/t28?,31-,33+,37+,40+,46-/m1/s1. The number of nitrogens with one attached hydrogen (secondary N) is 3. The number of nitrogens with zero attached hydrogens (tertiary/aromatic N) is 3. The number of alkyl carbamates (subject to hydrolysis) is 1. The molecule has 1 saturated carbocycles. The Morgan fingerprint density at radius 2 is 1.79 bits per heavy atom. The van der Waals surface area contributed by atoms with Crippen molar-refractivity contribution in [1.82, 2.24) is 25.5 Å². The molecule has 6 atom stereocenters. The van der Waals surface area contributed by atoms with E-state index < -0.39 is 77.1 Å². The van der Waals surface area contributed by atoms with Gasteiger partial charge in [0.25, 0.3) is 0 Å². The Bertz CT molecular complexity index is 2390. The highest BCUT2D eigenvalue weighted by atomic mass is 32.1. The number of fused-ring (bicyclic) bond motifs is 3. The summed E-state index contributed by atoms with van der Waals surface area (Å²) in [6, 6.07) is 9.86. The molecule has 2 fully saturated rings.